The van der Waals surface area contributed by atoms with Crippen LogP contribution in [-0.2, 0) is 6.42 Å². The number of Topliss-reactive ketones (excluding diaryl/α,β-unsaturated/α-hetero) is 1. The molecular weight excluding hydrogens is 301 g/mol. The molecule has 18 heavy (non-hydrogen) atoms. The summed E-state index contributed by atoms with van der Waals surface area (Å²) in [5.41, 5.74) is -0.0739. The van der Waals surface area contributed by atoms with Gasteiger partial charge >= 0.3 is 0 Å². The van der Waals surface area contributed by atoms with E-state index in [0.29, 0.717) is 4.34 Å². The van der Waals surface area contributed by atoms with E-state index in [2.05, 4.69) is 0 Å². The van der Waals surface area contributed by atoms with E-state index >= 15 is 0 Å². The fourth-order valence-corrected chi connectivity index (χ4v) is 2.99. The predicted molar refractivity (Wildman–Crippen MR) is 68.7 cm³/mol. The first-order valence-corrected chi connectivity index (χ1v) is 6.47. The highest BCUT2D eigenvalue weighted by atomic mass is 35.5. The van der Waals surface area contributed by atoms with Crippen molar-refractivity contribution in [1.29, 1.82) is 0 Å². The molecule has 0 N–H and O–H groups in total. The predicted octanol–water partition coefficient (Wildman–Crippen LogP) is 4.76. The monoisotopic (exact) mass is 306 g/mol. The number of hydrogen-bond acceptors (Lipinski definition) is 2. The minimum absolute atomic E-state index is 0.189. The Kier molecular flexibility index (Phi) is 4.00. The van der Waals surface area contributed by atoms with Crippen LogP contribution in [0.1, 0.15) is 15.9 Å². The number of ketones is 1. The molecule has 6 heteroatoms. The number of hydrogen-bond donors (Lipinski definition) is 0. The van der Waals surface area contributed by atoms with Gasteiger partial charge in [-0.1, -0.05) is 29.3 Å². The van der Waals surface area contributed by atoms with Crippen molar-refractivity contribution in [2.75, 3.05) is 0 Å². The van der Waals surface area contributed by atoms with E-state index in [1.807, 2.05) is 0 Å². The lowest BCUT2D eigenvalue weighted by Crippen LogP contribution is -2.06. The molecule has 0 spiro atoms. The molecule has 0 aliphatic rings. The molecule has 1 nitrogen and oxygen atoms in total. The molecule has 2 aromatic rings. The lowest BCUT2D eigenvalue weighted by atomic mass is 10.0. The highest BCUT2D eigenvalue weighted by Crippen LogP contribution is 2.32. The van der Waals surface area contributed by atoms with Gasteiger partial charge in [0.1, 0.15) is 16.0 Å². The standard InChI is InChI=1S/C12H6Cl2F2OS/c13-11-5-7(12(14)18-11)10(17)4-6-8(15)2-1-3-9(6)16/h1-3,5H,4H2. The highest BCUT2D eigenvalue weighted by molar-refractivity contribution is 7.20. The molecule has 2 rings (SSSR count). The topological polar surface area (TPSA) is 17.1 Å². The van der Waals surface area contributed by atoms with Gasteiger partial charge in [0.25, 0.3) is 0 Å². The first-order valence-electron chi connectivity index (χ1n) is 4.90. The summed E-state index contributed by atoms with van der Waals surface area (Å²) in [4.78, 5) is 11.9. The molecule has 0 aliphatic heterocycles. The highest BCUT2D eigenvalue weighted by Gasteiger charge is 2.18. The molecule has 0 fully saturated rings. The quantitative estimate of drug-likeness (QED) is 0.747. The van der Waals surface area contributed by atoms with Crippen LogP contribution >= 0.6 is 34.5 Å². The summed E-state index contributed by atoms with van der Waals surface area (Å²) in [6, 6.07) is 4.85. The summed E-state index contributed by atoms with van der Waals surface area (Å²) in [5, 5.41) is 0. The Hall–Kier alpha value is -0.970. The van der Waals surface area contributed by atoms with Crippen molar-refractivity contribution in [2.24, 2.45) is 0 Å². The fourth-order valence-electron chi connectivity index (χ4n) is 1.49. The van der Waals surface area contributed by atoms with Crippen LogP contribution in [0.3, 0.4) is 0 Å². The van der Waals surface area contributed by atoms with Gasteiger partial charge in [0.15, 0.2) is 5.78 Å². The largest absolute Gasteiger partial charge is 0.294 e. The molecule has 0 unspecified atom stereocenters. The van der Waals surface area contributed by atoms with Crippen LogP contribution in [-0.4, -0.2) is 5.78 Å². The SMILES string of the molecule is O=C(Cc1c(F)cccc1F)c1cc(Cl)sc1Cl. The van der Waals surface area contributed by atoms with Crippen molar-refractivity contribution in [3.8, 4) is 0 Å². The molecule has 1 heterocycles. The van der Waals surface area contributed by atoms with Crippen molar-refractivity contribution < 1.29 is 13.6 Å². The molecule has 0 saturated heterocycles. The normalized spacial score (nSPS) is 10.7. The van der Waals surface area contributed by atoms with E-state index < -0.39 is 17.4 Å². The molecule has 0 atom stereocenters. The Labute approximate surface area is 116 Å². The van der Waals surface area contributed by atoms with Crippen LogP contribution in [0, 0.1) is 11.6 Å². The van der Waals surface area contributed by atoms with Crippen LogP contribution in [0.15, 0.2) is 24.3 Å². The van der Waals surface area contributed by atoms with Gasteiger partial charge in [-0.25, -0.2) is 8.78 Å². The van der Waals surface area contributed by atoms with E-state index in [-0.39, 0.29) is 21.9 Å². The average molecular weight is 307 g/mol. The Bertz CT molecular complexity index is 590. The van der Waals surface area contributed by atoms with Crippen molar-refractivity contribution in [3.63, 3.8) is 0 Å². The van der Waals surface area contributed by atoms with E-state index in [1.165, 1.54) is 12.1 Å². The maximum Gasteiger partial charge on any atom is 0.169 e. The second-order valence-electron chi connectivity index (χ2n) is 3.54. The van der Waals surface area contributed by atoms with Gasteiger partial charge in [-0.3, -0.25) is 4.79 Å². The third kappa shape index (κ3) is 2.71. The molecule has 1 aromatic carbocycles. The molecular formula is C12H6Cl2F2OS. The lowest BCUT2D eigenvalue weighted by Gasteiger charge is -2.03. The number of carbonyl (C=O) groups excluding carboxylic acids is 1. The maximum absolute atomic E-state index is 13.4. The molecule has 0 bridgehead atoms. The third-order valence-electron chi connectivity index (χ3n) is 2.36. The molecule has 0 aliphatic carbocycles. The Morgan fingerprint density at radius 1 is 1.22 bits per heavy atom. The summed E-state index contributed by atoms with van der Waals surface area (Å²) in [5.74, 6) is -1.96. The number of benzene rings is 1. The van der Waals surface area contributed by atoms with Gasteiger partial charge in [-0.2, -0.15) is 0 Å². The van der Waals surface area contributed by atoms with Gasteiger partial charge in [0.05, 0.1) is 4.34 Å². The number of thiophene rings is 1. The average Bonchev–Trinajstić information content (AvgIpc) is 2.63. The summed E-state index contributed by atoms with van der Waals surface area (Å²) in [7, 11) is 0. The van der Waals surface area contributed by atoms with Gasteiger partial charge in [0.2, 0.25) is 0 Å². The zero-order chi connectivity index (χ0) is 13.3. The minimum Gasteiger partial charge on any atom is -0.294 e. The second-order valence-corrected chi connectivity index (χ2v) is 5.82. The zero-order valence-electron chi connectivity index (χ0n) is 8.84. The zero-order valence-corrected chi connectivity index (χ0v) is 11.2. The Morgan fingerprint density at radius 2 is 1.83 bits per heavy atom. The van der Waals surface area contributed by atoms with Crippen molar-refractivity contribution in [2.45, 2.75) is 6.42 Å². The first kappa shape index (κ1) is 13.5. The van der Waals surface area contributed by atoms with E-state index in [0.717, 1.165) is 23.5 Å². The summed E-state index contributed by atoms with van der Waals surface area (Å²) in [6.45, 7) is 0. The summed E-state index contributed by atoms with van der Waals surface area (Å²) in [6.07, 6.45) is -0.384. The van der Waals surface area contributed by atoms with E-state index in [9.17, 15) is 13.6 Å². The van der Waals surface area contributed by atoms with E-state index in [4.69, 9.17) is 23.2 Å². The van der Waals surface area contributed by atoms with Gasteiger partial charge in [-0.15, -0.1) is 11.3 Å². The van der Waals surface area contributed by atoms with Crippen molar-refractivity contribution >= 4 is 40.3 Å². The van der Waals surface area contributed by atoms with Crippen LogP contribution in [0.25, 0.3) is 0 Å². The molecule has 0 saturated carbocycles. The first-order chi connectivity index (χ1) is 8.49. The summed E-state index contributed by atoms with van der Waals surface area (Å²) < 4.78 is 27.3. The summed E-state index contributed by atoms with van der Waals surface area (Å²) >= 11 is 12.6. The van der Waals surface area contributed by atoms with Crippen LogP contribution in [0.2, 0.25) is 8.67 Å². The maximum atomic E-state index is 13.4. The molecule has 94 valence electrons. The lowest BCUT2D eigenvalue weighted by molar-refractivity contribution is 0.0991. The molecule has 0 radical (unpaired) electrons. The molecule has 0 amide bonds. The third-order valence-corrected chi connectivity index (χ3v) is 3.84. The molecule has 1 aromatic heterocycles. The van der Waals surface area contributed by atoms with Gasteiger partial charge in [0, 0.05) is 17.5 Å². The van der Waals surface area contributed by atoms with Crippen LogP contribution in [0.4, 0.5) is 8.78 Å². The number of rotatable bonds is 3. The smallest absolute Gasteiger partial charge is 0.169 e. The number of halogens is 4. The van der Waals surface area contributed by atoms with Gasteiger partial charge in [-0.05, 0) is 18.2 Å². The van der Waals surface area contributed by atoms with Crippen molar-refractivity contribution in [3.05, 3.63) is 55.7 Å². The van der Waals surface area contributed by atoms with E-state index in [1.54, 1.807) is 0 Å². The van der Waals surface area contributed by atoms with Crippen LogP contribution in [0.5, 0.6) is 0 Å². The van der Waals surface area contributed by atoms with Crippen LogP contribution < -0.4 is 0 Å². The second kappa shape index (κ2) is 5.34. The Morgan fingerprint density at radius 3 is 2.33 bits per heavy atom. The number of carbonyl (C=O) groups is 1. The van der Waals surface area contributed by atoms with Crippen molar-refractivity contribution in [1.82, 2.24) is 0 Å². The minimum atomic E-state index is -0.749. The Balaban J connectivity index is 2.30. The van der Waals surface area contributed by atoms with Gasteiger partial charge < -0.3 is 0 Å². The fraction of sp³-hybridized carbons (Fsp3) is 0.0833.